The van der Waals surface area contributed by atoms with E-state index in [1.54, 1.807) is 18.4 Å². The predicted octanol–water partition coefficient (Wildman–Crippen LogP) is -0.920. The van der Waals surface area contributed by atoms with E-state index in [-0.39, 0.29) is 0 Å². The van der Waals surface area contributed by atoms with Gasteiger partial charge >= 0.3 is 0 Å². The van der Waals surface area contributed by atoms with Gasteiger partial charge in [-0.2, -0.15) is 8.42 Å². The summed E-state index contributed by atoms with van der Waals surface area (Å²) in [5, 5.41) is 6.10. The van der Waals surface area contributed by atoms with Gasteiger partial charge in [0.1, 0.15) is 0 Å². The van der Waals surface area contributed by atoms with Gasteiger partial charge in [0.05, 0.1) is 6.54 Å². The van der Waals surface area contributed by atoms with Gasteiger partial charge in [-0.25, -0.2) is 5.14 Å². The van der Waals surface area contributed by atoms with E-state index < -0.39 is 10.2 Å². The van der Waals surface area contributed by atoms with Crippen LogP contribution in [0.25, 0.3) is 0 Å². The lowest BCUT2D eigenvalue weighted by molar-refractivity contribution is 0.368. The van der Waals surface area contributed by atoms with E-state index in [0.29, 0.717) is 6.54 Å². The minimum Gasteiger partial charge on any atom is -0.297 e. The summed E-state index contributed by atoms with van der Waals surface area (Å²) >= 11 is 0. The molecule has 0 amide bonds. The first kappa shape index (κ1) is 8.25. The predicted molar refractivity (Wildman–Crippen MR) is 41.2 cm³/mol. The molecule has 5 nitrogen and oxygen atoms in total. The average molecular weight is 175 g/mol. The third-order valence-electron chi connectivity index (χ3n) is 1.06. The van der Waals surface area contributed by atoms with Gasteiger partial charge < -0.3 is 0 Å². The van der Waals surface area contributed by atoms with E-state index in [9.17, 15) is 8.42 Å². The number of hydrogen-bond donors (Lipinski definition) is 2. The van der Waals surface area contributed by atoms with Crippen LogP contribution >= 0.6 is 0 Å². The third kappa shape index (κ3) is 3.17. The fourth-order valence-electron chi connectivity index (χ4n) is 0.699. The third-order valence-corrected chi connectivity index (χ3v) is 1.55. The highest BCUT2D eigenvalue weighted by Crippen LogP contribution is 1.94. The van der Waals surface area contributed by atoms with Crippen LogP contribution in [0.2, 0.25) is 0 Å². The molecule has 0 saturated carbocycles. The van der Waals surface area contributed by atoms with Crippen LogP contribution in [0.15, 0.2) is 24.4 Å². The Bertz CT molecular complexity index is 280. The number of nitrogens with zero attached hydrogens (tertiary/aromatic N) is 1. The number of nitrogens with one attached hydrogen (secondary N) is 1. The Morgan fingerprint density at radius 3 is 2.64 bits per heavy atom. The van der Waals surface area contributed by atoms with Crippen molar-refractivity contribution in [3.05, 3.63) is 24.4 Å². The monoisotopic (exact) mass is 175 g/mol. The van der Waals surface area contributed by atoms with Crippen LogP contribution in [0.5, 0.6) is 0 Å². The molecule has 1 aliphatic rings. The number of allylic oxidation sites excluding steroid dienone is 2. The summed E-state index contributed by atoms with van der Waals surface area (Å²) in [5.41, 5.74) is 0. The van der Waals surface area contributed by atoms with E-state index in [0.717, 1.165) is 0 Å². The molecule has 0 fully saturated rings. The highest BCUT2D eigenvalue weighted by atomic mass is 32.2. The van der Waals surface area contributed by atoms with Crippen LogP contribution < -0.4 is 9.97 Å². The van der Waals surface area contributed by atoms with Crippen LogP contribution in [0.4, 0.5) is 0 Å². The molecule has 6 heteroatoms. The summed E-state index contributed by atoms with van der Waals surface area (Å²) in [4.78, 5) is 2.10. The van der Waals surface area contributed by atoms with Crippen LogP contribution in [0.1, 0.15) is 0 Å². The molecule has 1 aliphatic heterocycles. The summed E-state index contributed by atoms with van der Waals surface area (Å²) in [6.45, 7) is 0.493. The lowest BCUT2D eigenvalue weighted by Gasteiger charge is -2.19. The lowest BCUT2D eigenvalue weighted by atomic mass is 10.4. The topological polar surface area (TPSA) is 75.4 Å². The first-order valence-electron chi connectivity index (χ1n) is 2.98. The summed E-state index contributed by atoms with van der Waals surface area (Å²) < 4.78 is 20.9. The van der Waals surface area contributed by atoms with Crippen LogP contribution in [0.3, 0.4) is 0 Å². The maximum Gasteiger partial charge on any atom is 0.291 e. The molecule has 0 radical (unpaired) electrons. The lowest BCUT2D eigenvalue weighted by Crippen LogP contribution is -2.42. The van der Waals surface area contributed by atoms with Crippen molar-refractivity contribution in [1.82, 2.24) is 9.84 Å². The van der Waals surface area contributed by atoms with Gasteiger partial charge in [0, 0.05) is 6.20 Å². The Balaban J connectivity index is 2.52. The fourth-order valence-corrected chi connectivity index (χ4v) is 1.16. The van der Waals surface area contributed by atoms with Crippen LogP contribution in [-0.2, 0) is 10.2 Å². The second kappa shape index (κ2) is 3.04. The van der Waals surface area contributed by atoms with Gasteiger partial charge in [0.2, 0.25) is 0 Å². The summed E-state index contributed by atoms with van der Waals surface area (Å²) in [5.74, 6) is 0. The number of hydrazine groups is 1. The second-order valence-electron chi connectivity index (χ2n) is 2.06. The largest absolute Gasteiger partial charge is 0.297 e. The van der Waals surface area contributed by atoms with Gasteiger partial charge in [0.15, 0.2) is 0 Å². The van der Waals surface area contributed by atoms with Crippen LogP contribution in [-0.4, -0.2) is 20.0 Å². The highest BCUT2D eigenvalue weighted by Gasteiger charge is 2.05. The van der Waals surface area contributed by atoms with Crippen molar-refractivity contribution in [3.63, 3.8) is 0 Å². The number of hydrogen-bond acceptors (Lipinski definition) is 3. The zero-order valence-electron chi connectivity index (χ0n) is 5.77. The van der Waals surface area contributed by atoms with Gasteiger partial charge in [-0.05, 0) is 6.08 Å². The molecule has 0 aliphatic carbocycles. The first-order chi connectivity index (χ1) is 5.08. The molecule has 0 aromatic heterocycles. The SMILES string of the molecule is NS(=O)(=O)NN1C=CC=CC1. The molecule has 1 rings (SSSR count). The van der Waals surface area contributed by atoms with E-state index in [1.165, 1.54) is 5.01 Å². The van der Waals surface area contributed by atoms with Crippen molar-refractivity contribution in [2.45, 2.75) is 0 Å². The van der Waals surface area contributed by atoms with Gasteiger partial charge in [-0.3, -0.25) is 5.01 Å². The Kier molecular flexibility index (Phi) is 2.28. The molecule has 0 atom stereocenters. The Labute approximate surface area is 65.3 Å². The summed E-state index contributed by atoms with van der Waals surface area (Å²) in [7, 11) is -3.63. The smallest absolute Gasteiger partial charge is 0.291 e. The molecule has 62 valence electrons. The fraction of sp³-hybridized carbons (Fsp3) is 0.200. The molecule has 1 heterocycles. The quantitative estimate of drug-likeness (QED) is 0.570. The number of rotatable bonds is 2. The molecule has 3 N–H and O–H groups in total. The van der Waals surface area contributed by atoms with E-state index in [2.05, 4.69) is 4.83 Å². The zero-order chi connectivity index (χ0) is 8.32. The van der Waals surface area contributed by atoms with E-state index in [4.69, 9.17) is 5.14 Å². The molecular formula is C5H9N3O2S. The number of nitrogens with two attached hydrogens (primary N) is 1. The van der Waals surface area contributed by atoms with Crippen molar-refractivity contribution < 1.29 is 8.42 Å². The van der Waals surface area contributed by atoms with Crippen molar-refractivity contribution >= 4 is 10.2 Å². The van der Waals surface area contributed by atoms with Crippen LogP contribution in [0, 0.1) is 0 Å². The minimum atomic E-state index is -3.63. The van der Waals surface area contributed by atoms with Crippen molar-refractivity contribution in [3.8, 4) is 0 Å². The maximum atomic E-state index is 10.5. The minimum absolute atomic E-state index is 0.493. The molecule has 0 aromatic rings. The standard InChI is InChI=1S/C5H9N3O2S/c6-11(9,10)7-8-4-2-1-3-5-8/h1-4,7H,5H2,(H2,6,9,10). The molecule has 0 spiro atoms. The molecule has 11 heavy (non-hydrogen) atoms. The second-order valence-corrected chi connectivity index (χ2v) is 3.33. The first-order valence-corrected chi connectivity index (χ1v) is 4.53. The maximum absolute atomic E-state index is 10.5. The molecule has 0 bridgehead atoms. The van der Waals surface area contributed by atoms with Crippen molar-refractivity contribution in [2.24, 2.45) is 5.14 Å². The van der Waals surface area contributed by atoms with Gasteiger partial charge in [0.25, 0.3) is 10.2 Å². The van der Waals surface area contributed by atoms with Gasteiger partial charge in [-0.15, -0.1) is 4.83 Å². The molecule has 0 aromatic carbocycles. The molecular weight excluding hydrogens is 166 g/mol. The molecule has 0 saturated heterocycles. The summed E-state index contributed by atoms with van der Waals surface area (Å²) in [6.07, 6.45) is 6.92. The Hall–Kier alpha value is -0.850. The van der Waals surface area contributed by atoms with E-state index in [1.807, 2.05) is 6.08 Å². The van der Waals surface area contributed by atoms with Crippen molar-refractivity contribution in [2.75, 3.05) is 6.54 Å². The molecule has 0 unspecified atom stereocenters. The van der Waals surface area contributed by atoms with Gasteiger partial charge in [-0.1, -0.05) is 12.2 Å². The van der Waals surface area contributed by atoms with Crippen molar-refractivity contribution in [1.29, 1.82) is 0 Å². The summed E-state index contributed by atoms with van der Waals surface area (Å²) in [6, 6.07) is 0. The average Bonchev–Trinajstić information content (AvgIpc) is 1.85. The van der Waals surface area contributed by atoms with E-state index >= 15 is 0 Å². The Morgan fingerprint density at radius 1 is 1.45 bits per heavy atom. The highest BCUT2D eigenvalue weighted by molar-refractivity contribution is 7.87. The normalized spacial score (nSPS) is 17.4. The Morgan fingerprint density at radius 2 is 2.18 bits per heavy atom. The zero-order valence-corrected chi connectivity index (χ0v) is 6.58.